The Bertz CT molecular complexity index is 376. The number of unbranched alkanes of at least 4 members (excludes halogenated alkanes) is 1. The summed E-state index contributed by atoms with van der Waals surface area (Å²) in [5.74, 6) is -0.153. The Hall–Kier alpha value is -1.55. The number of carbonyl (C=O) groups excluding carboxylic acids is 1. The predicted molar refractivity (Wildman–Crippen MR) is 78.5 cm³/mol. The van der Waals surface area contributed by atoms with Gasteiger partial charge in [0.15, 0.2) is 0 Å². The van der Waals surface area contributed by atoms with Crippen LogP contribution in [0.5, 0.6) is 0 Å². The van der Waals surface area contributed by atoms with Crippen LogP contribution < -0.4 is 10.6 Å². The number of amides is 1. The van der Waals surface area contributed by atoms with Gasteiger partial charge in [-0.15, -0.1) is 0 Å². The Kier molecular flexibility index (Phi) is 6.97. The molecule has 0 saturated heterocycles. The molecule has 0 radical (unpaired) electrons. The zero-order chi connectivity index (χ0) is 14.1. The van der Waals surface area contributed by atoms with Crippen molar-refractivity contribution in [2.45, 2.75) is 39.2 Å². The zero-order valence-electron chi connectivity index (χ0n) is 11.8. The van der Waals surface area contributed by atoms with Gasteiger partial charge in [0.2, 0.25) is 0 Å². The highest BCUT2D eigenvalue weighted by molar-refractivity contribution is 5.94. The zero-order valence-corrected chi connectivity index (χ0v) is 11.8. The van der Waals surface area contributed by atoms with Gasteiger partial charge in [0.1, 0.15) is 0 Å². The number of nitrogens with one attached hydrogen (secondary N) is 2. The molecule has 0 heterocycles. The first-order valence-corrected chi connectivity index (χ1v) is 6.93. The van der Waals surface area contributed by atoms with Crippen LogP contribution in [0.4, 0.5) is 5.69 Å². The van der Waals surface area contributed by atoms with E-state index in [0.29, 0.717) is 11.6 Å². The van der Waals surface area contributed by atoms with Gasteiger partial charge in [-0.25, -0.2) is 0 Å². The number of carbonyl (C=O) groups is 1. The fourth-order valence-electron chi connectivity index (χ4n) is 1.86. The van der Waals surface area contributed by atoms with Crippen molar-refractivity contribution in [3.8, 4) is 0 Å². The van der Waals surface area contributed by atoms with E-state index in [-0.39, 0.29) is 19.1 Å². The monoisotopic (exact) mass is 264 g/mol. The Morgan fingerprint density at radius 2 is 2.00 bits per heavy atom. The molecule has 0 aliphatic carbocycles. The summed E-state index contributed by atoms with van der Waals surface area (Å²) in [6.07, 6.45) is 3.57. The van der Waals surface area contributed by atoms with Crippen LogP contribution in [0.2, 0.25) is 0 Å². The maximum Gasteiger partial charge on any atom is 0.251 e. The molecule has 1 aromatic rings. The quantitative estimate of drug-likeness (QED) is 0.675. The molecule has 106 valence electrons. The Morgan fingerprint density at radius 3 is 2.58 bits per heavy atom. The van der Waals surface area contributed by atoms with E-state index in [4.69, 9.17) is 5.11 Å². The van der Waals surface area contributed by atoms with Crippen LogP contribution in [0.3, 0.4) is 0 Å². The van der Waals surface area contributed by atoms with Crippen molar-refractivity contribution in [1.82, 2.24) is 5.32 Å². The number of aliphatic hydroxyl groups excluding tert-OH is 1. The van der Waals surface area contributed by atoms with Crippen LogP contribution in [0.25, 0.3) is 0 Å². The van der Waals surface area contributed by atoms with Crippen LogP contribution in [0, 0.1) is 0 Å². The Balaban J connectivity index is 2.49. The lowest BCUT2D eigenvalue weighted by atomic mass is 10.1. The summed E-state index contributed by atoms with van der Waals surface area (Å²) in [5.41, 5.74) is 1.64. The molecule has 1 amide bonds. The molecule has 4 heteroatoms. The normalized spacial score (nSPS) is 11.9. The van der Waals surface area contributed by atoms with E-state index in [1.165, 1.54) is 12.8 Å². The highest BCUT2D eigenvalue weighted by Crippen LogP contribution is 2.13. The van der Waals surface area contributed by atoms with E-state index in [1.54, 1.807) is 12.1 Å². The lowest BCUT2D eigenvalue weighted by molar-refractivity contribution is 0.0945. The average molecular weight is 264 g/mol. The molecule has 0 saturated carbocycles. The molecule has 0 aliphatic heterocycles. The molecule has 19 heavy (non-hydrogen) atoms. The first-order valence-electron chi connectivity index (χ1n) is 6.93. The number of anilines is 1. The van der Waals surface area contributed by atoms with Crippen molar-refractivity contribution in [1.29, 1.82) is 0 Å². The second-order valence-corrected chi connectivity index (χ2v) is 4.74. The molecule has 1 rings (SSSR count). The van der Waals surface area contributed by atoms with Crippen molar-refractivity contribution in [2.24, 2.45) is 0 Å². The first kappa shape index (κ1) is 15.5. The van der Waals surface area contributed by atoms with Gasteiger partial charge in [-0.1, -0.05) is 19.8 Å². The molecule has 0 aromatic heterocycles. The van der Waals surface area contributed by atoms with E-state index in [9.17, 15) is 4.79 Å². The summed E-state index contributed by atoms with van der Waals surface area (Å²) in [5, 5.41) is 14.7. The summed E-state index contributed by atoms with van der Waals surface area (Å²) in [6, 6.07) is 7.85. The van der Waals surface area contributed by atoms with Crippen LogP contribution in [0.15, 0.2) is 24.3 Å². The second-order valence-electron chi connectivity index (χ2n) is 4.74. The standard InChI is InChI=1S/C15H24N2O2/c1-3-4-5-12(2)17-14-8-6-13(7-9-14)15(19)16-10-11-18/h6-9,12,17-18H,3-5,10-11H2,1-2H3,(H,16,19). The third-order valence-corrected chi connectivity index (χ3v) is 2.95. The minimum absolute atomic E-state index is 0.0413. The molecular formula is C15H24N2O2. The molecule has 1 unspecified atom stereocenters. The first-order chi connectivity index (χ1) is 9.17. The molecule has 0 fully saturated rings. The number of benzene rings is 1. The van der Waals surface area contributed by atoms with Gasteiger partial charge in [0.05, 0.1) is 6.61 Å². The summed E-state index contributed by atoms with van der Waals surface area (Å²) in [4.78, 5) is 11.6. The number of aliphatic hydroxyl groups is 1. The van der Waals surface area contributed by atoms with Crippen molar-refractivity contribution < 1.29 is 9.90 Å². The number of rotatable bonds is 8. The topological polar surface area (TPSA) is 61.4 Å². The van der Waals surface area contributed by atoms with Gasteiger partial charge in [0.25, 0.3) is 5.91 Å². The summed E-state index contributed by atoms with van der Waals surface area (Å²) in [6.45, 7) is 4.59. The highest BCUT2D eigenvalue weighted by atomic mass is 16.3. The molecule has 0 bridgehead atoms. The minimum Gasteiger partial charge on any atom is -0.395 e. The van der Waals surface area contributed by atoms with Crippen LogP contribution in [0.1, 0.15) is 43.5 Å². The van der Waals surface area contributed by atoms with E-state index in [2.05, 4.69) is 24.5 Å². The third kappa shape index (κ3) is 5.75. The Morgan fingerprint density at radius 1 is 1.32 bits per heavy atom. The van der Waals surface area contributed by atoms with Gasteiger partial charge in [0, 0.05) is 23.8 Å². The smallest absolute Gasteiger partial charge is 0.251 e. The van der Waals surface area contributed by atoms with Gasteiger partial charge < -0.3 is 15.7 Å². The summed E-state index contributed by atoms with van der Waals surface area (Å²) in [7, 11) is 0. The fourth-order valence-corrected chi connectivity index (χ4v) is 1.86. The van der Waals surface area contributed by atoms with Crippen molar-refractivity contribution in [3.05, 3.63) is 29.8 Å². The Labute approximate surface area is 115 Å². The third-order valence-electron chi connectivity index (χ3n) is 2.95. The van der Waals surface area contributed by atoms with Gasteiger partial charge in [-0.2, -0.15) is 0 Å². The lowest BCUT2D eigenvalue weighted by Gasteiger charge is -2.15. The molecular weight excluding hydrogens is 240 g/mol. The van der Waals surface area contributed by atoms with Gasteiger partial charge in [-0.3, -0.25) is 4.79 Å². The highest BCUT2D eigenvalue weighted by Gasteiger charge is 2.05. The predicted octanol–water partition coefficient (Wildman–Crippen LogP) is 2.40. The summed E-state index contributed by atoms with van der Waals surface area (Å²) >= 11 is 0. The largest absolute Gasteiger partial charge is 0.395 e. The fraction of sp³-hybridized carbons (Fsp3) is 0.533. The van der Waals surface area contributed by atoms with E-state index < -0.39 is 0 Å². The molecule has 3 N–H and O–H groups in total. The maximum atomic E-state index is 11.6. The minimum atomic E-state index is -0.153. The van der Waals surface area contributed by atoms with E-state index in [0.717, 1.165) is 12.1 Å². The molecule has 0 spiro atoms. The average Bonchev–Trinajstić information content (AvgIpc) is 2.43. The van der Waals surface area contributed by atoms with Crippen LogP contribution >= 0.6 is 0 Å². The van der Waals surface area contributed by atoms with Crippen molar-refractivity contribution in [3.63, 3.8) is 0 Å². The molecule has 1 atom stereocenters. The number of hydrogen-bond donors (Lipinski definition) is 3. The van der Waals surface area contributed by atoms with Crippen molar-refractivity contribution >= 4 is 11.6 Å². The van der Waals surface area contributed by atoms with Gasteiger partial charge >= 0.3 is 0 Å². The van der Waals surface area contributed by atoms with Crippen LogP contribution in [-0.4, -0.2) is 30.2 Å². The SMILES string of the molecule is CCCCC(C)Nc1ccc(C(=O)NCCO)cc1. The van der Waals surface area contributed by atoms with E-state index in [1.807, 2.05) is 12.1 Å². The van der Waals surface area contributed by atoms with Gasteiger partial charge in [-0.05, 0) is 37.6 Å². The lowest BCUT2D eigenvalue weighted by Crippen LogP contribution is -2.26. The van der Waals surface area contributed by atoms with Crippen LogP contribution in [-0.2, 0) is 0 Å². The molecule has 1 aromatic carbocycles. The maximum absolute atomic E-state index is 11.6. The molecule has 0 aliphatic rings. The van der Waals surface area contributed by atoms with E-state index >= 15 is 0 Å². The number of hydrogen-bond acceptors (Lipinski definition) is 3. The summed E-state index contributed by atoms with van der Waals surface area (Å²) < 4.78 is 0. The second kappa shape index (κ2) is 8.53. The van der Waals surface area contributed by atoms with Crippen molar-refractivity contribution in [2.75, 3.05) is 18.5 Å². The molecule has 4 nitrogen and oxygen atoms in total.